The SMILES string of the molecule is Cn1cccc1/C=N/NC(=O)c1ccc(COc2ccc(Cl)cc2)cc1. The van der Waals surface area contributed by atoms with Gasteiger partial charge in [0.05, 0.1) is 11.9 Å². The van der Waals surface area contributed by atoms with E-state index in [0.29, 0.717) is 17.2 Å². The van der Waals surface area contributed by atoms with Crippen molar-refractivity contribution < 1.29 is 9.53 Å². The first-order chi connectivity index (χ1) is 12.6. The molecule has 0 bridgehead atoms. The van der Waals surface area contributed by atoms with Gasteiger partial charge in [0.1, 0.15) is 12.4 Å². The lowest BCUT2D eigenvalue weighted by Gasteiger charge is -2.07. The van der Waals surface area contributed by atoms with E-state index < -0.39 is 0 Å². The minimum atomic E-state index is -0.263. The van der Waals surface area contributed by atoms with Gasteiger partial charge in [0.15, 0.2) is 0 Å². The van der Waals surface area contributed by atoms with Crippen LogP contribution in [0.3, 0.4) is 0 Å². The fourth-order valence-corrected chi connectivity index (χ4v) is 2.41. The van der Waals surface area contributed by atoms with E-state index >= 15 is 0 Å². The second-order valence-electron chi connectivity index (χ2n) is 5.68. The summed E-state index contributed by atoms with van der Waals surface area (Å²) >= 11 is 5.84. The molecule has 1 amide bonds. The molecule has 3 aromatic rings. The molecule has 0 atom stereocenters. The molecule has 132 valence electrons. The summed E-state index contributed by atoms with van der Waals surface area (Å²) in [6, 6.07) is 18.2. The Morgan fingerprint density at radius 3 is 2.54 bits per heavy atom. The molecule has 1 heterocycles. The van der Waals surface area contributed by atoms with Crippen molar-refractivity contribution in [3.05, 3.63) is 88.7 Å². The van der Waals surface area contributed by atoms with E-state index in [9.17, 15) is 4.79 Å². The summed E-state index contributed by atoms with van der Waals surface area (Å²) in [4.78, 5) is 12.1. The average Bonchev–Trinajstić information content (AvgIpc) is 3.06. The zero-order valence-electron chi connectivity index (χ0n) is 14.2. The van der Waals surface area contributed by atoms with Crippen molar-refractivity contribution in [2.75, 3.05) is 0 Å². The van der Waals surface area contributed by atoms with Crippen LogP contribution in [-0.2, 0) is 13.7 Å². The maximum absolute atomic E-state index is 12.1. The Morgan fingerprint density at radius 2 is 1.88 bits per heavy atom. The number of amides is 1. The lowest BCUT2D eigenvalue weighted by molar-refractivity contribution is 0.0955. The lowest BCUT2D eigenvalue weighted by Crippen LogP contribution is -2.17. The number of hydrogen-bond acceptors (Lipinski definition) is 3. The Labute approximate surface area is 156 Å². The maximum Gasteiger partial charge on any atom is 0.271 e. The predicted molar refractivity (Wildman–Crippen MR) is 103 cm³/mol. The molecule has 0 saturated carbocycles. The van der Waals surface area contributed by atoms with Gasteiger partial charge < -0.3 is 9.30 Å². The monoisotopic (exact) mass is 367 g/mol. The number of nitrogens with one attached hydrogen (secondary N) is 1. The number of ether oxygens (including phenoxy) is 1. The number of hydrogen-bond donors (Lipinski definition) is 1. The van der Waals surface area contributed by atoms with Crippen LogP contribution in [0.4, 0.5) is 0 Å². The number of carbonyl (C=O) groups excluding carboxylic acids is 1. The molecular formula is C20H18ClN3O2. The van der Waals surface area contributed by atoms with Crippen molar-refractivity contribution in [3.8, 4) is 5.75 Å². The molecule has 3 rings (SSSR count). The van der Waals surface area contributed by atoms with Crippen LogP contribution < -0.4 is 10.2 Å². The van der Waals surface area contributed by atoms with E-state index in [1.165, 1.54) is 0 Å². The van der Waals surface area contributed by atoms with Crippen LogP contribution in [0.1, 0.15) is 21.6 Å². The van der Waals surface area contributed by atoms with E-state index in [4.69, 9.17) is 16.3 Å². The zero-order valence-corrected chi connectivity index (χ0v) is 15.0. The van der Waals surface area contributed by atoms with Crippen LogP contribution in [0, 0.1) is 0 Å². The van der Waals surface area contributed by atoms with Crippen LogP contribution in [0.2, 0.25) is 5.02 Å². The minimum Gasteiger partial charge on any atom is -0.489 e. The lowest BCUT2D eigenvalue weighted by atomic mass is 10.1. The average molecular weight is 368 g/mol. The molecule has 6 heteroatoms. The first-order valence-corrected chi connectivity index (χ1v) is 8.41. The Bertz CT molecular complexity index is 900. The van der Waals surface area contributed by atoms with Gasteiger partial charge in [-0.05, 0) is 54.1 Å². The molecule has 0 saturated heterocycles. The van der Waals surface area contributed by atoms with Crippen LogP contribution in [0.15, 0.2) is 72.0 Å². The molecule has 0 aliphatic rings. The van der Waals surface area contributed by atoms with Crippen molar-refractivity contribution in [2.24, 2.45) is 12.1 Å². The zero-order chi connectivity index (χ0) is 18.4. The summed E-state index contributed by atoms with van der Waals surface area (Å²) in [6.45, 7) is 0.412. The number of nitrogens with zero attached hydrogens (tertiary/aromatic N) is 2. The van der Waals surface area contributed by atoms with Gasteiger partial charge in [-0.1, -0.05) is 23.7 Å². The minimum absolute atomic E-state index is 0.263. The molecule has 0 spiro atoms. The van der Waals surface area contributed by atoms with Gasteiger partial charge in [0.2, 0.25) is 0 Å². The third kappa shape index (κ3) is 4.74. The van der Waals surface area contributed by atoms with Gasteiger partial charge in [0.25, 0.3) is 5.91 Å². The Kier molecular flexibility index (Phi) is 5.71. The summed E-state index contributed by atoms with van der Waals surface area (Å²) < 4.78 is 7.59. The Hall–Kier alpha value is -3.05. The Morgan fingerprint density at radius 1 is 1.15 bits per heavy atom. The van der Waals surface area contributed by atoms with Crippen LogP contribution >= 0.6 is 11.6 Å². The van der Waals surface area contributed by atoms with Crippen molar-refractivity contribution >= 4 is 23.7 Å². The molecule has 1 aromatic heterocycles. The highest BCUT2D eigenvalue weighted by atomic mass is 35.5. The molecule has 0 fully saturated rings. The number of aromatic nitrogens is 1. The van der Waals surface area contributed by atoms with E-state index in [1.807, 2.05) is 54.2 Å². The van der Waals surface area contributed by atoms with Crippen LogP contribution in [0.5, 0.6) is 5.75 Å². The van der Waals surface area contributed by atoms with Gasteiger partial charge >= 0.3 is 0 Å². The van der Waals surface area contributed by atoms with Crippen LogP contribution in [-0.4, -0.2) is 16.7 Å². The summed E-state index contributed by atoms with van der Waals surface area (Å²) in [7, 11) is 1.91. The van der Waals surface area contributed by atoms with E-state index in [2.05, 4.69) is 10.5 Å². The third-order valence-corrected chi connectivity index (χ3v) is 4.03. The molecule has 0 unspecified atom stereocenters. The van der Waals surface area contributed by atoms with Crippen LogP contribution in [0.25, 0.3) is 0 Å². The number of halogens is 1. The number of benzene rings is 2. The molecule has 0 aliphatic heterocycles. The molecule has 2 aromatic carbocycles. The van der Waals surface area contributed by atoms with E-state index in [-0.39, 0.29) is 5.91 Å². The van der Waals surface area contributed by atoms with E-state index in [1.54, 1.807) is 30.5 Å². The van der Waals surface area contributed by atoms with Crippen molar-refractivity contribution in [1.29, 1.82) is 0 Å². The van der Waals surface area contributed by atoms with Gasteiger partial charge in [0, 0.05) is 23.8 Å². The molecule has 5 nitrogen and oxygen atoms in total. The Balaban J connectivity index is 1.53. The standard InChI is InChI=1S/C20H18ClN3O2/c1-24-12-2-3-18(24)13-22-23-20(25)16-6-4-15(5-7-16)14-26-19-10-8-17(21)9-11-19/h2-13H,14H2,1H3,(H,23,25)/b22-13+. The number of hydrazone groups is 1. The fraction of sp³-hybridized carbons (Fsp3) is 0.100. The summed E-state index contributed by atoms with van der Waals surface area (Å²) in [6.07, 6.45) is 3.51. The second-order valence-corrected chi connectivity index (χ2v) is 6.12. The van der Waals surface area contributed by atoms with Gasteiger partial charge in [-0.15, -0.1) is 0 Å². The van der Waals surface area contributed by atoms with Gasteiger partial charge in [-0.2, -0.15) is 5.10 Å². The highest BCUT2D eigenvalue weighted by Crippen LogP contribution is 2.17. The van der Waals surface area contributed by atoms with Gasteiger partial charge in [-0.25, -0.2) is 5.43 Å². The quantitative estimate of drug-likeness (QED) is 0.528. The highest BCUT2D eigenvalue weighted by Gasteiger charge is 2.04. The number of carbonyl (C=O) groups is 1. The topological polar surface area (TPSA) is 55.6 Å². The molecule has 1 N–H and O–H groups in total. The summed E-state index contributed by atoms with van der Waals surface area (Å²) in [5.74, 6) is 0.479. The smallest absolute Gasteiger partial charge is 0.271 e. The summed E-state index contributed by atoms with van der Waals surface area (Å²) in [5.41, 5.74) is 4.92. The maximum atomic E-state index is 12.1. The predicted octanol–water partition coefficient (Wildman–Crippen LogP) is 4.02. The first kappa shape index (κ1) is 17.8. The summed E-state index contributed by atoms with van der Waals surface area (Å²) in [5, 5.41) is 4.64. The fourth-order valence-electron chi connectivity index (χ4n) is 2.28. The normalized spacial score (nSPS) is 10.8. The number of aryl methyl sites for hydroxylation is 1. The van der Waals surface area contributed by atoms with Crippen molar-refractivity contribution in [3.63, 3.8) is 0 Å². The third-order valence-electron chi connectivity index (χ3n) is 3.78. The molecule has 26 heavy (non-hydrogen) atoms. The molecule has 0 radical (unpaired) electrons. The highest BCUT2D eigenvalue weighted by molar-refractivity contribution is 6.30. The second kappa shape index (κ2) is 8.36. The largest absolute Gasteiger partial charge is 0.489 e. The number of rotatable bonds is 6. The first-order valence-electron chi connectivity index (χ1n) is 8.04. The van der Waals surface area contributed by atoms with E-state index in [0.717, 1.165) is 17.0 Å². The van der Waals surface area contributed by atoms with Gasteiger partial charge in [-0.3, -0.25) is 4.79 Å². The molecular weight excluding hydrogens is 350 g/mol. The van der Waals surface area contributed by atoms with Crippen molar-refractivity contribution in [2.45, 2.75) is 6.61 Å². The van der Waals surface area contributed by atoms with Crippen molar-refractivity contribution in [1.82, 2.24) is 9.99 Å². The molecule has 0 aliphatic carbocycles.